The Balaban J connectivity index is 2.19. The van der Waals surface area contributed by atoms with Gasteiger partial charge in [-0.3, -0.25) is 0 Å². The van der Waals surface area contributed by atoms with Gasteiger partial charge in [0.1, 0.15) is 5.82 Å². The van der Waals surface area contributed by atoms with E-state index in [-0.39, 0.29) is 12.2 Å². The van der Waals surface area contributed by atoms with E-state index >= 15 is 0 Å². The maximum absolute atomic E-state index is 5.74. The number of hydrogen-bond acceptors (Lipinski definition) is 3. The number of morpholine rings is 1. The third-order valence-corrected chi connectivity index (χ3v) is 3.31. The molecule has 0 unspecified atom stereocenters. The second-order valence-corrected chi connectivity index (χ2v) is 4.93. The molecule has 0 spiro atoms. The van der Waals surface area contributed by atoms with Crippen LogP contribution in [-0.2, 0) is 11.2 Å². The van der Waals surface area contributed by atoms with Crippen LogP contribution in [-0.4, -0.2) is 30.3 Å². The third-order valence-electron chi connectivity index (χ3n) is 3.31. The standard InChI is InChI=1S/C14H22N2O/c1-5-13-6-7-14(15-12(13)4)16-8-10(2)17-11(3)9-16/h6-7,10-11H,5,8-9H2,1-4H3/t10-,11+. The molecular weight excluding hydrogens is 212 g/mol. The average molecular weight is 234 g/mol. The Morgan fingerprint density at radius 3 is 2.47 bits per heavy atom. The molecular formula is C14H22N2O. The minimum atomic E-state index is 0.284. The molecule has 1 aromatic rings. The normalized spacial score (nSPS) is 25.1. The highest BCUT2D eigenvalue weighted by Gasteiger charge is 2.23. The maximum atomic E-state index is 5.74. The molecule has 1 aliphatic heterocycles. The molecule has 0 amide bonds. The Kier molecular flexibility index (Phi) is 3.67. The van der Waals surface area contributed by atoms with Crippen LogP contribution in [0.5, 0.6) is 0 Å². The fraction of sp³-hybridized carbons (Fsp3) is 0.643. The molecule has 1 aliphatic rings. The van der Waals surface area contributed by atoms with E-state index in [9.17, 15) is 0 Å². The van der Waals surface area contributed by atoms with Crippen molar-refractivity contribution in [2.75, 3.05) is 18.0 Å². The van der Waals surface area contributed by atoms with Crippen molar-refractivity contribution < 1.29 is 4.74 Å². The monoisotopic (exact) mass is 234 g/mol. The number of ether oxygens (including phenoxy) is 1. The highest BCUT2D eigenvalue weighted by molar-refractivity contribution is 5.42. The van der Waals surface area contributed by atoms with Gasteiger partial charge < -0.3 is 9.64 Å². The Labute approximate surface area is 104 Å². The smallest absolute Gasteiger partial charge is 0.128 e. The molecule has 0 radical (unpaired) electrons. The summed E-state index contributed by atoms with van der Waals surface area (Å²) in [5, 5.41) is 0. The zero-order chi connectivity index (χ0) is 12.4. The van der Waals surface area contributed by atoms with E-state index < -0.39 is 0 Å². The van der Waals surface area contributed by atoms with Gasteiger partial charge >= 0.3 is 0 Å². The van der Waals surface area contributed by atoms with Crippen LogP contribution in [0.3, 0.4) is 0 Å². The molecule has 0 aromatic carbocycles. The Hall–Kier alpha value is -1.09. The van der Waals surface area contributed by atoms with Gasteiger partial charge in [-0.05, 0) is 38.8 Å². The molecule has 2 atom stereocenters. The van der Waals surface area contributed by atoms with Crippen molar-refractivity contribution >= 4 is 5.82 Å². The summed E-state index contributed by atoms with van der Waals surface area (Å²) in [6.45, 7) is 10.4. The molecule has 2 heterocycles. The molecule has 0 aliphatic carbocycles. The number of hydrogen-bond donors (Lipinski definition) is 0. The molecule has 0 N–H and O–H groups in total. The van der Waals surface area contributed by atoms with E-state index in [2.05, 4.69) is 44.7 Å². The van der Waals surface area contributed by atoms with Crippen molar-refractivity contribution in [2.45, 2.75) is 46.3 Å². The first-order chi connectivity index (χ1) is 8.10. The van der Waals surface area contributed by atoms with E-state index in [1.165, 1.54) is 5.56 Å². The van der Waals surface area contributed by atoms with Gasteiger partial charge in [-0.25, -0.2) is 4.98 Å². The lowest BCUT2D eigenvalue weighted by atomic mass is 10.1. The van der Waals surface area contributed by atoms with Crippen LogP contribution in [0.25, 0.3) is 0 Å². The summed E-state index contributed by atoms with van der Waals surface area (Å²) in [6.07, 6.45) is 1.62. The quantitative estimate of drug-likeness (QED) is 0.786. The summed E-state index contributed by atoms with van der Waals surface area (Å²) in [7, 11) is 0. The van der Waals surface area contributed by atoms with E-state index in [1.54, 1.807) is 0 Å². The third kappa shape index (κ3) is 2.78. The predicted octanol–water partition coefficient (Wildman–Crippen LogP) is 2.57. The van der Waals surface area contributed by atoms with Gasteiger partial charge in [0.25, 0.3) is 0 Å². The second-order valence-electron chi connectivity index (χ2n) is 4.93. The molecule has 94 valence electrons. The Morgan fingerprint density at radius 1 is 1.29 bits per heavy atom. The van der Waals surface area contributed by atoms with Crippen LogP contribution in [0, 0.1) is 6.92 Å². The fourth-order valence-corrected chi connectivity index (χ4v) is 2.49. The summed E-state index contributed by atoms with van der Waals surface area (Å²) in [6, 6.07) is 4.33. The van der Waals surface area contributed by atoms with E-state index in [0.717, 1.165) is 31.0 Å². The van der Waals surface area contributed by atoms with E-state index in [0.29, 0.717) is 0 Å². The number of aromatic nitrogens is 1. The molecule has 17 heavy (non-hydrogen) atoms. The summed E-state index contributed by atoms with van der Waals surface area (Å²) >= 11 is 0. The molecule has 0 bridgehead atoms. The van der Waals surface area contributed by atoms with Crippen molar-refractivity contribution in [1.82, 2.24) is 4.98 Å². The van der Waals surface area contributed by atoms with Crippen LogP contribution >= 0.6 is 0 Å². The molecule has 1 saturated heterocycles. The first kappa shape index (κ1) is 12.4. The number of pyridine rings is 1. The van der Waals surface area contributed by atoms with Gasteiger partial charge in [0.2, 0.25) is 0 Å². The van der Waals surface area contributed by atoms with Gasteiger partial charge in [0, 0.05) is 18.8 Å². The zero-order valence-corrected chi connectivity index (χ0v) is 11.2. The summed E-state index contributed by atoms with van der Waals surface area (Å²) in [4.78, 5) is 7.03. The number of aryl methyl sites for hydroxylation is 2. The second kappa shape index (κ2) is 5.05. The van der Waals surface area contributed by atoms with Crippen molar-refractivity contribution in [3.05, 3.63) is 23.4 Å². The number of anilines is 1. The van der Waals surface area contributed by atoms with E-state index in [1.807, 2.05) is 0 Å². The lowest BCUT2D eigenvalue weighted by Crippen LogP contribution is -2.45. The van der Waals surface area contributed by atoms with Crippen LogP contribution in [0.1, 0.15) is 32.0 Å². The minimum absolute atomic E-state index is 0.284. The largest absolute Gasteiger partial charge is 0.372 e. The van der Waals surface area contributed by atoms with Crippen molar-refractivity contribution in [2.24, 2.45) is 0 Å². The summed E-state index contributed by atoms with van der Waals surface area (Å²) < 4.78 is 5.74. The van der Waals surface area contributed by atoms with Crippen LogP contribution in [0.4, 0.5) is 5.82 Å². The topological polar surface area (TPSA) is 25.4 Å². The number of nitrogens with zero attached hydrogens (tertiary/aromatic N) is 2. The first-order valence-corrected chi connectivity index (χ1v) is 6.47. The van der Waals surface area contributed by atoms with Crippen molar-refractivity contribution in [3.63, 3.8) is 0 Å². The average Bonchev–Trinajstić information content (AvgIpc) is 2.27. The number of rotatable bonds is 2. The molecule has 1 aromatic heterocycles. The molecule has 1 fully saturated rings. The maximum Gasteiger partial charge on any atom is 0.128 e. The minimum Gasteiger partial charge on any atom is -0.372 e. The first-order valence-electron chi connectivity index (χ1n) is 6.47. The van der Waals surface area contributed by atoms with Gasteiger partial charge in [0.15, 0.2) is 0 Å². The Morgan fingerprint density at radius 2 is 1.94 bits per heavy atom. The van der Waals surface area contributed by atoms with Crippen molar-refractivity contribution in [1.29, 1.82) is 0 Å². The lowest BCUT2D eigenvalue weighted by Gasteiger charge is -2.36. The van der Waals surface area contributed by atoms with Gasteiger partial charge in [-0.2, -0.15) is 0 Å². The van der Waals surface area contributed by atoms with Gasteiger partial charge in [-0.1, -0.05) is 13.0 Å². The summed E-state index contributed by atoms with van der Waals surface area (Å²) in [5.74, 6) is 1.08. The van der Waals surface area contributed by atoms with Crippen LogP contribution < -0.4 is 4.90 Å². The molecule has 3 heteroatoms. The van der Waals surface area contributed by atoms with Gasteiger partial charge in [-0.15, -0.1) is 0 Å². The zero-order valence-electron chi connectivity index (χ0n) is 11.2. The van der Waals surface area contributed by atoms with E-state index in [4.69, 9.17) is 9.72 Å². The summed E-state index contributed by atoms with van der Waals surface area (Å²) in [5.41, 5.74) is 2.49. The Bertz CT molecular complexity index is 382. The fourth-order valence-electron chi connectivity index (χ4n) is 2.49. The van der Waals surface area contributed by atoms with Crippen LogP contribution in [0.15, 0.2) is 12.1 Å². The highest BCUT2D eigenvalue weighted by atomic mass is 16.5. The molecule has 3 nitrogen and oxygen atoms in total. The van der Waals surface area contributed by atoms with Crippen LogP contribution in [0.2, 0.25) is 0 Å². The highest BCUT2D eigenvalue weighted by Crippen LogP contribution is 2.20. The molecule has 0 saturated carbocycles. The SMILES string of the molecule is CCc1ccc(N2C[C@@H](C)O[C@@H](C)C2)nc1C. The molecule has 2 rings (SSSR count). The predicted molar refractivity (Wildman–Crippen MR) is 70.6 cm³/mol. The van der Waals surface area contributed by atoms with Crippen molar-refractivity contribution in [3.8, 4) is 0 Å². The van der Waals surface area contributed by atoms with Gasteiger partial charge in [0.05, 0.1) is 12.2 Å². The lowest BCUT2D eigenvalue weighted by molar-refractivity contribution is -0.00546.